The molecule has 0 radical (unpaired) electrons. The van der Waals surface area contributed by atoms with Crippen molar-refractivity contribution in [1.82, 2.24) is 0 Å². The molecule has 2 rings (SSSR count). The number of halogens is 1. The van der Waals surface area contributed by atoms with Crippen molar-refractivity contribution in [2.45, 2.75) is 20.0 Å². The van der Waals surface area contributed by atoms with Gasteiger partial charge in [-0.3, -0.25) is 4.79 Å². The Bertz CT molecular complexity index is 808. The van der Waals surface area contributed by atoms with E-state index in [0.29, 0.717) is 22.7 Å². The van der Waals surface area contributed by atoms with Crippen molar-refractivity contribution in [3.63, 3.8) is 0 Å². The predicted molar refractivity (Wildman–Crippen MR) is 97.5 cm³/mol. The van der Waals surface area contributed by atoms with Crippen LogP contribution in [0.3, 0.4) is 0 Å². The van der Waals surface area contributed by atoms with Gasteiger partial charge in [0.2, 0.25) is 6.10 Å². The second kappa shape index (κ2) is 8.84. The van der Waals surface area contributed by atoms with Gasteiger partial charge in [-0.15, -0.1) is 0 Å². The molecule has 6 nitrogen and oxygen atoms in total. The molecule has 0 bridgehead atoms. The lowest BCUT2D eigenvalue weighted by atomic mass is 10.2. The van der Waals surface area contributed by atoms with Crippen LogP contribution in [0.1, 0.15) is 18.1 Å². The lowest BCUT2D eigenvalue weighted by Crippen LogP contribution is -2.26. The fourth-order valence-corrected chi connectivity index (χ4v) is 2.08. The number of carbonyl (C=O) groups excluding carboxylic acids is 1. The number of benzene rings is 2. The summed E-state index contributed by atoms with van der Waals surface area (Å²) < 4.78 is 23.9. The zero-order chi connectivity index (χ0) is 19.1. The van der Waals surface area contributed by atoms with E-state index in [1.54, 1.807) is 51.3 Å². The lowest BCUT2D eigenvalue weighted by molar-refractivity contribution is -0.126. The Morgan fingerprint density at radius 2 is 1.88 bits per heavy atom. The average molecular weight is 360 g/mol. The van der Waals surface area contributed by atoms with Gasteiger partial charge < -0.3 is 19.6 Å². The maximum atomic E-state index is 13.5. The minimum Gasteiger partial charge on any atom is -0.493 e. The Kier molecular flexibility index (Phi) is 6.54. The molecule has 0 heterocycles. The number of amides is 1. The molecular weight excluding hydrogens is 339 g/mol. The topological polar surface area (TPSA) is 69.2 Å². The van der Waals surface area contributed by atoms with Crippen LogP contribution in [0.2, 0.25) is 0 Å². The predicted octanol–water partition coefficient (Wildman–Crippen LogP) is 3.53. The molecule has 2 aromatic carbocycles. The highest BCUT2D eigenvalue weighted by Crippen LogP contribution is 2.26. The summed E-state index contributed by atoms with van der Waals surface area (Å²) in [5.74, 6) is 0.341. The zero-order valence-electron chi connectivity index (χ0n) is 15.1. The number of anilines is 1. The molecule has 0 aliphatic rings. The molecule has 0 saturated heterocycles. The number of oxime groups is 1. The Balaban J connectivity index is 1.94. The molecule has 1 atom stereocenters. The largest absolute Gasteiger partial charge is 0.493 e. The van der Waals surface area contributed by atoms with Crippen LogP contribution in [0.5, 0.6) is 11.5 Å². The number of carbonyl (C=O) groups is 1. The van der Waals surface area contributed by atoms with Crippen molar-refractivity contribution in [1.29, 1.82) is 0 Å². The fraction of sp³-hybridized carbons (Fsp3) is 0.263. The van der Waals surface area contributed by atoms with Crippen LogP contribution in [0, 0.1) is 12.7 Å². The van der Waals surface area contributed by atoms with E-state index >= 15 is 0 Å². The summed E-state index contributed by atoms with van der Waals surface area (Å²) in [6, 6.07) is 9.70. The van der Waals surface area contributed by atoms with Crippen molar-refractivity contribution in [2.75, 3.05) is 19.5 Å². The normalized spacial score (nSPS) is 11.9. The van der Waals surface area contributed by atoms with Gasteiger partial charge in [0.1, 0.15) is 5.82 Å². The Morgan fingerprint density at radius 1 is 1.15 bits per heavy atom. The maximum Gasteiger partial charge on any atom is 0.267 e. The van der Waals surface area contributed by atoms with E-state index in [4.69, 9.17) is 14.3 Å². The zero-order valence-corrected chi connectivity index (χ0v) is 15.1. The van der Waals surface area contributed by atoms with Crippen molar-refractivity contribution in [3.05, 3.63) is 53.3 Å². The number of rotatable bonds is 7. The van der Waals surface area contributed by atoms with E-state index in [0.717, 1.165) is 5.56 Å². The van der Waals surface area contributed by atoms with Crippen LogP contribution >= 0.6 is 0 Å². The first-order valence-electron chi connectivity index (χ1n) is 7.93. The smallest absolute Gasteiger partial charge is 0.267 e. The summed E-state index contributed by atoms with van der Waals surface area (Å²) in [4.78, 5) is 17.2. The molecule has 138 valence electrons. The quantitative estimate of drug-likeness (QED) is 0.606. The molecule has 0 fully saturated rings. The van der Waals surface area contributed by atoms with Gasteiger partial charge in [0.05, 0.1) is 20.4 Å². The summed E-state index contributed by atoms with van der Waals surface area (Å²) in [5, 5.41) is 6.39. The first-order valence-corrected chi connectivity index (χ1v) is 7.93. The summed E-state index contributed by atoms with van der Waals surface area (Å²) in [5.41, 5.74) is 1.58. The van der Waals surface area contributed by atoms with Gasteiger partial charge in [0, 0.05) is 11.3 Å². The van der Waals surface area contributed by atoms with E-state index in [1.807, 2.05) is 0 Å². The number of hydrogen-bond donors (Lipinski definition) is 1. The molecule has 0 aliphatic carbocycles. The number of hydrogen-bond acceptors (Lipinski definition) is 5. The third kappa shape index (κ3) is 4.95. The number of methoxy groups -OCH3 is 2. The highest BCUT2D eigenvalue weighted by molar-refractivity contribution is 5.94. The van der Waals surface area contributed by atoms with E-state index in [2.05, 4.69) is 10.5 Å². The van der Waals surface area contributed by atoms with Gasteiger partial charge in [0.25, 0.3) is 5.91 Å². The third-order valence-electron chi connectivity index (χ3n) is 3.64. The molecule has 0 aromatic heterocycles. The van der Waals surface area contributed by atoms with Gasteiger partial charge >= 0.3 is 0 Å². The second-order valence-corrected chi connectivity index (χ2v) is 5.55. The van der Waals surface area contributed by atoms with E-state index in [-0.39, 0.29) is 5.82 Å². The van der Waals surface area contributed by atoms with Crippen LogP contribution in [0.15, 0.2) is 41.6 Å². The maximum absolute atomic E-state index is 13.5. The number of ether oxygens (including phenoxy) is 2. The highest BCUT2D eigenvalue weighted by Gasteiger charge is 2.14. The SMILES string of the molecule is COc1ccc(/C=N/OC(C)C(=O)Nc2ccc(C)c(F)c2)cc1OC. The Morgan fingerprint density at radius 3 is 2.54 bits per heavy atom. The standard InChI is InChI=1S/C19H21FN2O4/c1-12-5-7-15(10-16(12)20)22-19(23)13(2)26-21-11-14-6-8-17(24-3)18(9-14)25-4/h5-11,13H,1-4H3,(H,22,23)/b21-11+. The molecule has 0 saturated carbocycles. The number of nitrogens with zero attached hydrogens (tertiary/aromatic N) is 1. The molecule has 26 heavy (non-hydrogen) atoms. The molecule has 1 unspecified atom stereocenters. The van der Waals surface area contributed by atoms with Gasteiger partial charge in [0.15, 0.2) is 11.5 Å². The van der Waals surface area contributed by atoms with Crippen molar-refractivity contribution < 1.29 is 23.5 Å². The lowest BCUT2D eigenvalue weighted by Gasteiger charge is -2.11. The number of aryl methyl sites for hydroxylation is 1. The van der Waals surface area contributed by atoms with Crippen LogP contribution in [0.4, 0.5) is 10.1 Å². The first-order chi connectivity index (χ1) is 12.4. The Labute approximate surface area is 151 Å². The molecule has 2 aromatic rings. The first kappa shape index (κ1) is 19.2. The van der Waals surface area contributed by atoms with Crippen LogP contribution in [-0.2, 0) is 9.63 Å². The summed E-state index contributed by atoms with van der Waals surface area (Å²) in [6.07, 6.45) is 0.604. The summed E-state index contributed by atoms with van der Waals surface area (Å²) in [7, 11) is 3.09. The van der Waals surface area contributed by atoms with Crippen LogP contribution < -0.4 is 14.8 Å². The van der Waals surface area contributed by atoms with Crippen LogP contribution in [0.25, 0.3) is 0 Å². The minimum atomic E-state index is -0.851. The molecular formula is C19H21FN2O4. The van der Waals surface area contributed by atoms with Crippen molar-refractivity contribution in [3.8, 4) is 11.5 Å². The van der Waals surface area contributed by atoms with E-state index in [9.17, 15) is 9.18 Å². The monoisotopic (exact) mass is 360 g/mol. The van der Waals surface area contributed by atoms with E-state index in [1.165, 1.54) is 19.4 Å². The Hall–Kier alpha value is -3.09. The number of nitrogens with one attached hydrogen (secondary N) is 1. The van der Waals surface area contributed by atoms with Gasteiger partial charge in [-0.1, -0.05) is 11.2 Å². The molecule has 0 spiro atoms. The van der Waals surface area contributed by atoms with Gasteiger partial charge in [-0.05, 0) is 49.7 Å². The van der Waals surface area contributed by atoms with Crippen molar-refractivity contribution >= 4 is 17.8 Å². The molecule has 1 amide bonds. The second-order valence-electron chi connectivity index (χ2n) is 5.55. The highest BCUT2D eigenvalue weighted by atomic mass is 19.1. The van der Waals surface area contributed by atoms with Crippen molar-refractivity contribution in [2.24, 2.45) is 5.16 Å². The van der Waals surface area contributed by atoms with Gasteiger partial charge in [-0.25, -0.2) is 4.39 Å². The molecule has 0 aliphatic heterocycles. The third-order valence-corrected chi connectivity index (χ3v) is 3.64. The van der Waals surface area contributed by atoms with E-state index < -0.39 is 12.0 Å². The van der Waals surface area contributed by atoms with Gasteiger partial charge in [-0.2, -0.15) is 0 Å². The fourth-order valence-electron chi connectivity index (χ4n) is 2.08. The minimum absolute atomic E-state index is 0.359. The average Bonchev–Trinajstić information content (AvgIpc) is 2.64. The molecule has 7 heteroatoms. The van der Waals surface area contributed by atoms with Crippen LogP contribution in [-0.4, -0.2) is 32.4 Å². The summed E-state index contributed by atoms with van der Waals surface area (Å²) in [6.45, 7) is 3.20. The summed E-state index contributed by atoms with van der Waals surface area (Å²) >= 11 is 0. The molecule has 1 N–H and O–H groups in total.